The van der Waals surface area contributed by atoms with E-state index >= 15 is 0 Å². The van der Waals surface area contributed by atoms with Crippen LogP contribution >= 0.6 is 0 Å². The van der Waals surface area contributed by atoms with Crippen LogP contribution in [0.4, 0.5) is 10.1 Å². The van der Waals surface area contributed by atoms with Gasteiger partial charge in [0.05, 0.1) is 17.4 Å². The molecule has 1 aromatic heterocycles. The molecule has 0 radical (unpaired) electrons. The highest BCUT2D eigenvalue weighted by Gasteiger charge is 2.23. The molecule has 0 unspecified atom stereocenters. The Morgan fingerprint density at radius 3 is 2.69 bits per heavy atom. The number of hydrogen-bond acceptors (Lipinski definition) is 4. The van der Waals surface area contributed by atoms with E-state index in [9.17, 15) is 14.0 Å². The minimum atomic E-state index is -0.615. The lowest BCUT2D eigenvalue weighted by molar-refractivity contribution is 0.0912. The van der Waals surface area contributed by atoms with Crippen LogP contribution in [0.25, 0.3) is 0 Å². The van der Waals surface area contributed by atoms with E-state index in [1.54, 1.807) is 19.1 Å². The summed E-state index contributed by atoms with van der Waals surface area (Å²) in [5.41, 5.74) is 0.855. The summed E-state index contributed by atoms with van der Waals surface area (Å²) >= 11 is 0. The summed E-state index contributed by atoms with van der Waals surface area (Å²) < 4.78 is 14.0. The molecule has 1 saturated heterocycles. The van der Waals surface area contributed by atoms with Gasteiger partial charge in [-0.2, -0.15) is 5.10 Å². The number of carbonyl (C=O) groups excluding carboxylic acids is 2. The number of amides is 2. The van der Waals surface area contributed by atoms with Crippen LogP contribution in [-0.2, 0) is 0 Å². The SMILES string of the molecule is Cc1cccc(F)c1C(=O)Nc1cn[nH]c1C(=O)NC1CCN(C)CC1. The number of piperidine rings is 1. The van der Waals surface area contributed by atoms with Crippen molar-refractivity contribution in [1.82, 2.24) is 20.4 Å². The molecule has 7 nitrogen and oxygen atoms in total. The maximum Gasteiger partial charge on any atom is 0.271 e. The molecule has 138 valence electrons. The number of benzene rings is 1. The van der Waals surface area contributed by atoms with Crippen LogP contribution in [0.15, 0.2) is 24.4 Å². The van der Waals surface area contributed by atoms with Gasteiger partial charge in [-0.15, -0.1) is 0 Å². The lowest BCUT2D eigenvalue weighted by Crippen LogP contribution is -2.43. The number of H-pyrrole nitrogens is 1. The molecule has 0 aliphatic carbocycles. The minimum absolute atomic E-state index is 0.0459. The van der Waals surface area contributed by atoms with Gasteiger partial charge in [0.15, 0.2) is 0 Å². The molecular weight excluding hydrogens is 337 g/mol. The molecule has 1 aliphatic heterocycles. The van der Waals surface area contributed by atoms with Crippen molar-refractivity contribution in [3.05, 3.63) is 47.0 Å². The number of rotatable bonds is 4. The standard InChI is InChI=1S/C18H22FN5O2/c1-11-4-3-5-13(19)15(11)17(25)22-14-10-20-23-16(14)18(26)21-12-6-8-24(2)9-7-12/h3-5,10,12H,6-9H2,1-2H3,(H,20,23)(H,21,26)(H,22,25). The third kappa shape index (κ3) is 3.91. The fourth-order valence-corrected chi connectivity index (χ4v) is 3.07. The summed E-state index contributed by atoms with van der Waals surface area (Å²) in [4.78, 5) is 27.1. The maximum atomic E-state index is 14.0. The Kier molecular flexibility index (Phi) is 5.32. The van der Waals surface area contributed by atoms with E-state index in [2.05, 4.69) is 25.7 Å². The summed E-state index contributed by atoms with van der Waals surface area (Å²) in [5.74, 6) is -1.56. The van der Waals surface area contributed by atoms with E-state index in [4.69, 9.17) is 0 Å². The van der Waals surface area contributed by atoms with E-state index in [1.807, 2.05) is 7.05 Å². The first-order valence-electron chi connectivity index (χ1n) is 8.55. The molecule has 8 heteroatoms. The lowest BCUT2D eigenvalue weighted by atomic mass is 10.1. The van der Waals surface area contributed by atoms with Gasteiger partial charge in [-0.05, 0) is 51.5 Å². The topological polar surface area (TPSA) is 90.1 Å². The Balaban J connectivity index is 1.70. The first-order valence-corrected chi connectivity index (χ1v) is 8.55. The zero-order valence-electron chi connectivity index (χ0n) is 14.8. The van der Waals surface area contributed by atoms with Crippen molar-refractivity contribution in [1.29, 1.82) is 0 Å². The predicted molar refractivity (Wildman–Crippen MR) is 95.7 cm³/mol. The zero-order chi connectivity index (χ0) is 18.7. The molecule has 26 heavy (non-hydrogen) atoms. The van der Waals surface area contributed by atoms with Gasteiger partial charge in [-0.25, -0.2) is 4.39 Å². The van der Waals surface area contributed by atoms with Crippen LogP contribution in [0.3, 0.4) is 0 Å². The molecule has 3 rings (SSSR count). The number of halogens is 1. The molecular formula is C18H22FN5O2. The second-order valence-electron chi connectivity index (χ2n) is 6.60. The molecule has 3 N–H and O–H groups in total. The van der Waals surface area contributed by atoms with Gasteiger partial charge >= 0.3 is 0 Å². The average molecular weight is 359 g/mol. The van der Waals surface area contributed by atoms with Crippen molar-refractivity contribution in [3.63, 3.8) is 0 Å². The van der Waals surface area contributed by atoms with Crippen molar-refractivity contribution < 1.29 is 14.0 Å². The fourth-order valence-electron chi connectivity index (χ4n) is 3.07. The highest BCUT2D eigenvalue weighted by atomic mass is 19.1. The second-order valence-corrected chi connectivity index (χ2v) is 6.60. The highest BCUT2D eigenvalue weighted by molar-refractivity contribution is 6.09. The summed E-state index contributed by atoms with van der Waals surface area (Å²) in [7, 11) is 2.05. The summed E-state index contributed by atoms with van der Waals surface area (Å²) in [6.07, 6.45) is 3.08. The monoisotopic (exact) mass is 359 g/mol. The van der Waals surface area contributed by atoms with Crippen LogP contribution < -0.4 is 10.6 Å². The zero-order valence-corrected chi connectivity index (χ0v) is 14.8. The fraction of sp³-hybridized carbons (Fsp3) is 0.389. The van der Waals surface area contributed by atoms with Crippen molar-refractivity contribution in [2.75, 3.05) is 25.5 Å². The number of likely N-dealkylation sites (tertiary alicyclic amines) is 1. The van der Waals surface area contributed by atoms with Gasteiger partial charge in [-0.3, -0.25) is 14.7 Å². The van der Waals surface area contributed by atoms with E-state index < -0.39 is 11.7 Å². The molecule has 2 amide bonds. The van der Waals surface area contributed by atoms with Crippen LogP contribution in [0.2, 0.25) is 0 Å². The number of carbonyl (C=O) groups is 2. The number of nitrogens with zero attached hydrogens (tertiary/aromatic N) is 2. The lowest BCUT2D eigenvalue weighted by Gasteiger charge is -2.29. The number of aryl methyl sites for hydroxylation is 1. The molecule has 0 spiro atoms. The van der Waals surface area contributed by atoms with Gasteiger partial charge in [0.25, 0.3) is 11.8 Å². The van der Waals surface area contributed by atoms with Crippen LogP contribution in [0, 0.1) is 12.7 Å². The number of aromatic nitrogens is 2. The van der Waals surface area contributed by atoms with Gasteiger partial charge in [-0.1, -0.05) is 12.1 Å². The van der Waals surface area contributed by atoms with Crippen molar-refractivity contribution in [2.45, 2.75) is 25.8 Å². The summed E-state index contributed by atoms with van der Waals surface area (Å²) in [6.45, 7) is 3.50. The number of nitrogens with one attached hydrogen (secondary N) is 3. The quantitative estimate of drug-likeness (QED) is 0.778. The Morgan fingerprint density at radius 2 is 2.00 bits per heavy atom. The normalized spacial score (nSPS) is 15.7. The smallest absolute Gasteiger partial charge is 0.271 e. The minimum Gasteiger partial charge on any atom is -0.348 e. The van der Waals surface area contributed by atoms with E-state index in [1.165, 1.54) is 12.3 Å². The molecule has 0 bridgehead atoms. The Morgan fingerprint density at radius 1 is 1.27 bits per heavy atom. The maximum absolute atomic E-state index is 14.0. The number of anilines is 1. The van der Waals surface area contributed by atoms with Gasteiger partial charge in [0, 0.05) is 6.04 Å². The molecule has 1 aliphatic rings. The van der Waals surface area contributed by atoms with Crippen molar-refractivity contribution in [3.8, 4) is 0 Å². The largest absolute Gasteiger partial charge is 0.348 e. The molecule has 1 aromatic carbocycles. The molecule has 2 aromatic rings. The summed E-state index contributed by atoms with van der Waals surface area (Å²) in [6, 6.07) is 4.51. The summed E-state index contributed by atoms with van der Waals surface area (Å²) in [5, 5.41) is 12.0. The third-order valence-electron chi connectivity index (χ3n) is 4.62. The predicted octanol–water partition coefficient (Wildman–Crippen LogP) is 1.93. The van der Waals surface area contributed by atoms with Crippen LogP contribution in [-0.4, -0.2) is 53.1 Å². The van der Waals surface area contributed by atoms with Gasteiger partial charge in [0.1, 0.15) is 11.5 Å². The second kappa shape index (κ2) is 7.65. The number of aromatic amines is 1. The van der Waals surface area contributed by atoms with Crippen molar-refractivity contribution >= 4 is 17.5 Å². The van der Waals surface area contributed by atoms with Gasteiger partial charge < -0.3 is 15.5 Å². The third-order valence-corrected chi connectivity index (χ3v) is 4.62. The highest BCUT2D eigenvalue weighted by Crippen LogP contribution is 2.18. The molecule has 2 heterocycles. The van der Waals surface area contributed by atoms with Gasteiger partial charge in [0.2, 0.25) is 0 Å². The Labute approximate surface area is 151 Å². The first kappa shape index (κ1) is 18.1. The Hall–Kier alpha value is -2.74. The molecule has 0 saturated carbocycles. The van der Waals surface area contributed by atoms with E-state index in [0.717, 1.165) is 25.9 Å². The first-order chi connectivity index (χ1) is 12.5. The van der Waals surface area contributed by atoms with Crippen LogP contribution in [0.1, 0.15) is 39.3 Å². The molecule has 1 fully saturated rings. The number of hydrogen-bond donors (Lipinski definition) is 3. The van der Waals surface area contributed by atoms with E-state index in [0.29, 0.717) is 5.56 Å². The van der Waals surface area contributed by atoms with E-state index in [-0.39, 0.29) is 28.9 Å². The average Bonchev–Trinajstić information content (AvgIpc) is 3.05. The van der Waals surface area contributed by atoms with Crippen molar-refractivity contribution in [2.24, 2.45) is 0 Å². The Bertz CT molecular complexity index is 791. The molecule has 0 atom stereocenters. The van der Waals surface area contributed by atoms with Crippen LogP contribution in [0.5, 0.6) is 0 Å².